The largest absolute Gasteiger partial charge is 0.385 e. The Morgan fingerprint density at radius 2 is 2.25 bits per heavy atom. The first kappa shape index (κ1) is 12.5. The normalized spacial score (nSPS) is 10.2. The second kappa shape index (κ2) is 6.12. The summed E-state index contributed by atoms with van der Waals surface area (Å²) in [6.07, 6.45) is 0.950. The summed E-state index contributed by atoms with van der Waals surface area (Å²) >= 11 is 0. The first-order valence-corrected chi connectivity index (χ1v) is 5.19. The van der Waals surface area contributed by atoms with Crippen molar-refractivity contribution < 1.29 is 4.74 Å². The third-order valence-corrected chi connectivity index (χ3v) is 2.22. The maximum absolute atomic E-state index is 5.61. The minimum atomic E-state index is 0.278. The fourth-order valence-corrected chi connectivity index (χ4v) is 1.34. The smallest absolute Gasteiger partial charge is 0.223 e. The molecule has 0 unspecified atom stereocenters. The number of aromatic nitrogens is 2. The van der Waals surface area contributed by atoms with E-state index in [1.54, 1.807) is 14.2 Å². The van der Waals surface area contributed by atoms with Crippen molar-refractivity contribution >= 4 is 17.6 Å². The number of nitrogens with two attached hydrogens (primary N) is 1. The van der Waals surface area contributed by atoms with Crippen LogP contribution in [-0.2, 0) is 4.74 Å². The molecule has 90 valence electrons. The van der Waals surface area contributed by atoms with E-state index in [0.717, 1.165) is 31.2 Å². The van der Waals surface area contributed by atoms with Crippen LogP contribution < -0.4 is 16.0 Å². The number of hydrogen-bond donors (Lipinski definition) is 2. The van der Waals surface area contributed by atoms with E-state index in [2.05, 4.69) is 15.3 Å². The third-order valence-electron chi connectivity index (χ3n) is 2.22. The number of nitrogens with one attached hydrogen (secondary N) is 1. The Morgan fingerprint density at radius 3 is 2.88 bits per heavy atom. The molecule has 0 saturated heterocycles. The molecule has 6 nitrogen and oxygen atoms in total. The van der Waals surface area contributed by atoms with Gasteiger partial charge < -0.3 is 20.7 Å². The molecule has 6 heteroatoms. The number of methoxy groups -OCH3 is 1. The molecule has 0 radical (unpaired) electrons. The molecule has 0 aromatic carbocycles. The zero-order chi connectivity index (χ0) is 12.0. The van der Waals surface area contributed by atoms with E-state index in [4.69, 9.17) is 10.5 Å². The number of rotatable bonds is 6. The summed E-state index contributed by atoms with van der Waals surface area (Å²) in [6, 6.07) is 1.86. The van der Waals surface area contributed by atoms with Gasteiger partial charge in [0.15, 0.2) is 0 Å². The van der Waals surface area contributed by atoms with Gasteiger partial charge >= 0.3 is 0 Å². The van der Waals surface area contributed by atoms with E-state index in [-0.39, 0.29) is 5.95 Å². The van der Waals surface area contributed by atoms with Crippen LogP contribution in [0.25, 0.3) is 0 Å². The molecule has 0 aliphatic carbocycles. The van der Waals surface area contributed by atoms with Crippen molar-refractivity contribution in [2.75, 3.05) is 50.3 Å². The number of anilines is 3. The van der Waals surface area contributed by atoms with E-state index >= 15 is 0 Å². The van der Waals surface area contributed by atoms with E-state index < -0.39 is 0 Å². The fourth-order valence-electron chi connectivity index (χ4n) is 1.34. The molecule has 1 rings (SSSR count). The second-order valence-corrected chi connectivity index (χ2v) is 3.49. The molecule has 1 heterocycles. The maximum atomic E-state index is 5.61. The lowest BCUT2D eigenvalue weighted by Gasteiger charge is -2.18. The first-order chi connectivity index (χ1) is 7.67. The van der Waals surface area contributed by atoms with Crippen LogP contribution in [0.15, 0.2) is 6.07 Å². The second-order valence-electron chi connectivity index (χ2n) is 3.49. The number of nitrogens with zero attached hydrogens (tertiary/aromatic N) is 3. The predicted molar refractivity (Wildman–Crippen MR) is 65.8 cm³/mol. The highest BCUT2D eigenvalue weighted by Crippen LogP contribution is 2.15. The molecule has 0 atom stereocenters. The summed E-state index contributed by atoms with van der Waals surface area (Å²) < 4.78 is 5.00. The van der Waals surface area contributed by atoms with Crippen LogP contribution >= 0.6 is 0 Å². The molecule has 1 aromatic rings. The van der Waals surface area contributed by atoms with Crippen LogP contribution in [0.1, 0.15) is 6.42 Å². The van der Waals surface area contributed by atoms with Gasteiger partial charge in [0.2, 0.25) is 5.95 Å². The Kier molecular flexibility index (Phi) is 4.78. The maximum Gasteiger partial charge on any atom is 0.223 e. The summed E-state index contributed by atoms with van der Waals surface area (Å²) in [5.41, 5.74) is 5.61. The van der Waals surface area contributed by atoms with E-state index in [1.165, 1.54) is 0 Å². The van der Waals surface area contributed by atoms with Gasteiger partial charge in [-0.25, -0.2) is 0 Å². The summed E-state index contributed by atoms with van der Waals surface area (Å²) in [5, 5.41) is 2.95. The summed E-state index contributed by atoms with van der Waals surface area (Å²) in [6.45, 7) is 1.61. The topological polar surface area (TPSA) is 76.3 Å². The van der Waals surface area contributed by atoms with Crippen LogP contribution in [0.4, 0.5) is 17.6 Å². The quantitative estimate of drug-likeness (QED) is 0.689. The van der Waals surface area contributed by atoms with Crippen molar-refractivity contribution in [2.24, 2.45) is 0 Å². The summed E-state index contributed by atoms with van der Waals surface area (Å²) in [4.78, 5) is 10.2. The van der Waals surface area contributed by atoms with Gasteiger partial charge in [0, 0.05) is 40.4 Å². The molecule has 0 fully saturated rings. The van der Waals surface area contributed by atoms with Gasteiger partial charge in [-0.1, -0.05) is 0 Å². The van der Waals surface area contributed by atoms with Crippen LogP contribution in [0, 0.1) is 0 Å². The Morgan fingerprint density at radius 1 is 1.50 bits per heavy atom. The highest BCUT2D eigenvalue weighted by atomic mass is 16.5. The minimum Gasteiger partial charge on any atom is -0.385 e. The molecular weight excluding hydrogens is 206 g/mol. The molecule has 1 aromatic heterocycles. The molecule has 0 aliphatic heterocycles. The van der Waals surface area contributed by atoms with Crippen LogP contribution in [-0.4, -0.2) is 44.3 Å². The Hall–Kier alpha value is -1.56. The van der Waals surface area contributed by atoms with E-state index in [9.17, 15) is 0 Å². The molecule has 0 amide bonds. The molecule has 3 N–H and O–H groups in total. The lowest BCUT2D eigenvalue weighted by Crippen LogP contribution is -2.21. The zero-order valence-electron chi connectivity index (χ0n) is 10.0. The molecule has 0 aliphatic rings. The standard InChI is InChI=1S/C10H19N5O/c1-12-8-7-9(14-10(11)13-8)15(2)5-4-6-16-3/h7H,4-6H2,1-3H3,(H3,11,12,13,14). The average Bonchev–Trinajstić information content (AvgIpc) is 2.28. The van der Waals surface area contributed by atoms with Crippen molar-refractivity contribution in [1.82, 2.24) is 9.97 Å². The molecular formula is C10H19N5O. The average molecular weight is 225 g/mol. The number of hydrogen-bond acceptors (Lipinski definition) is 6. The summed E-state index contributed by atoms with van der Waals surface area (Å²) in [7, 11) is 5.47. The van der Waals surface area contributed by atoms with Gasteiger partial charge in [-0.3, -0.25) is 0 Å². The van der Waals surface area contributed by atoms with Crippen molar-refractivity contribution in [2.45, 2.75) is 6.42 Å². The van der Waals surface area contributed by atoms with Gasteiger partial charge in [-0.2, -0.15) is 9.97 Å². The van der Waals surface area contributed by atoms with Crippen molar-refractivity contribution in [3.8, 4) is 0 Å². The van der Waals surface area contributed by atoms with Crippen LogP contribution in [0.3, 0.4) is 0 Å². The van der Waals surface area contributed by atoms with Crippen molar-refractivity contribution in [1.29, 1.82) is 0 Å². The number of nitrogen functional groups attached to an aromatic ring is 1. The van der Waals surface area contributed by atoms with Crippen molar-refractivity contribution in [3.05, 3.63) is 6.07 Å². The highest BCUT2D eigenvalue weighted by Gasteiger charge is 2.05. The molecule has 16 heavy (non-hydrogen) atoms. The highest BCUT2D eigenvalue weighted by molar-refractivity contribution is 5.51. The van der Waals surface area contributed by atoms with E-state index in [0.29, 0.717) is 0 Å². The monoisotopic (exact) mass is 225 g/mol. The zero-order valence-corrected chi connectivity index (χ0v) is 10.0. The van der Waals surface area contributed by atoms with Gasteiger partial charge in [0.05, 0.1) is 0 Å². The first-order valence-electron chi connectivity index (χ1n) is 5.19. The Balaban J connectivity index is 2.66. The lowest BCUT2D eigenvalue weighted by atomic mass is 10.4. The van der Waals surface area contributed by atoms with Crippen LogP contribution in [0.2, 0.25) is 0 Å². The van der Waals surface area contributed by atoms with Gasteiger partial charge in [-0.15, -0.1) is 0 Å². The SMILES string of the molecule is CNc1cc(N(C)CCCOC)nc(N)n1. The molecule has 0 saturated carbocycles. The lowest BCUT2D eigenvalue weighted by molar-refractivity contribution is 0.196. The minimum absolute atomic E-state index is 0.278. The van der Waals surface area contributed by atoms with Gasteiger partial charge in [0.25, 0.3) is 0 Å². The summed E-state index contributed by atoms with van der Waals surface area (Å²) in [5.74, 6) is 1.81. The molecule has 0 spiro atoms. The Labute approximate surface area is 95.8 Å². The van der Waals surface area contributed by atoms with E-state index in [1.807, 2.05) is 18.0 Å². The van der Waals surface area contributed by atoms with Gasteiger partial charge in [0.1, 0.15) is 11.6 Å². The van der Waals surface area contributed by atoms with Crippen molar-refractivity contribution in [3.63, 3.8) is 0 Å². The molecule has 0 bridgehead atoms. The fraction of sp³-hybridized carbons (Fsp3) is 0.600. The third kappa shape index (κ3) is 3.54. The Bertz CT molecular complexity index is 331. The van der Waals surface area contributed by atoms with Gasteiger partial charge in [-0.05, 0) is 6.42 Å². The van der Waals surface area contributed by atoms with Crippen LogP contribution in [0.5, 0.6) is 0 Å². The number of ether oxygens (including phenoxy) is 1. The predicted octanol–water partition coefficient (Wildman–Crippen LogP) is 0.573.